The number of hydrogen-bond acceptors (Lipinski definition) is 1. The van der Waals surface area contributed by atoms with Crippen molar-refractivity contribution in [1.82, 2.24) is 0 Å². The first-order valence-corrected chi connectivity index (χ1v) is 5.07. The smallest absolute Gasteiger partial charge is 0.0908 e. The zero-order valence-corrected chi connectivity index (χ0v) is 8.50. The molecule has 1 nitrogen and oxygen atoms in total. The van der Waals surface area contributed by atoms with Crippen LogP contribution in [0.25, 0.3) is 0 Å². The molecule has 0 atom stereocenters. The Labute approximate surface area is 81.8 Å². The number of allylic oxidation sites excluding steroid dienone is 4. The van der Waals surface area contributed by atoms with Crippen LogP contribution in [0.1, 0.15) is 45.4 Å². The zero-order chi connectivity index (χ0) is 9.78. The highest BCUT2D eigenvalue weighted by Crippen LogP contribution is 2.06. The van der Waals surface area contributed by atoms with Gasteiger partial charge in [0.1, 0.15) is 0 Å². The summed E-state index contributed by atoms with van der Waals surface area (Å²) in [4.78, 5) is 0. The van der Waals surface area contributed by atoms with Crippen molar-refractivity contribution in [2.75, 3.05) is 0 Å². The van der Waals surface area contributed by atoms with Crippen molar-refractivity contribution in [2.24, 2.45) is 0 Å². The van der Waals surface area contributed by atoms with E-state index in [2.05, 4.69) is 19.1 Å². The molecule has 0 bridgehead atoms. The number of rotatable bonds is 7. The fraction of sp³-hybridized carbons (Fsp3) is 0.583. The van der Waals surface area contributed by atoms with Gasteiger partial charge in [0.2, 0.25) is 0 Å². The third-order valence-electron chi connectivity index (χ3n) is 1.92. The van der Waals surface area contributed by atoms with Crippen LogP contribution in [-0.4, -0.2) is 0 Å². The van der Waals surface area contributed by atoms with Crippen LogP contribution in [-0.2, 0) is 0 Å². The maximum atomic E-state index is 8.22. The summed E-state index contributed by atoms with van der Waals surface area (Å²) in [5, 5.41) is 8.22. The summed E-state index contributed by atoms with van der Waals surface area (Å²) in [6.07, 6.45) is 15.2. The highest BCUT2D eigenvalue weighted by Gasteiger charge is 1.86. The molecule has 1 heteroatoms. The summed E-state index contributed by atoms with van der Waals surface area (Å²) >= 11 is 0. The van der Waals surface area contributed by atoms with Crippen LogP contribution < -0.4 is 0 Å². The van der Waals surface area contributed by atoms with Crippen LogP contribution in [0.15, 0.2) is 24.3 Å². The van der Waals surface area contributed by atoms with Crippen molar-refractivity contribution in [2.45, 2.75) is 45.4 Å². The molecule has 0 heterocycles. The molecule has 0 aliphatic heterocycles. The molecule has 0 N–H and O–H groups in total. The summed E-state index contributed by atoms with van der Waals surface area (Å²) in [5.74, 6) is 0. The SMILES string of the molecule is CC=CCCCCCCC=CC#N. The summed E-state index contributed by atoms with van der Waals surface area (Å²) in [7, 11) is 0. The first-order valence-electron chi connectivity index (χ1n) is 5.07. The van der Waals surface area contributed by atoms with Gasteiger partial charge in [-0.15, -0.1) is 0 Å². The van der Waals surface area contributed by atoms with E-state index in [4.69, 9.17) is 5.26 Å². The second-order valence-electron chi connectivity index (χ2n) is 3.09. The predicted octanol–water partition coefficient (Wildman–Crippen LogP) is 3.98. The standard InChI is InChI=1S/C12H19N/c1-2-3-4-5-6-7-8-9-10-11-12-13/h2-3,10-11H,4-9H2,1H3. The quantitative estimate of drug-likeness (QED) is 0.328. The van der Waals surface area contributed by atoms with E-state index in [9.17, 15) is 0 Å². The van der Waals surface area contributed by atoms with E-state index < -0.39 is 0 Å². The molecular weight excluding hydrogens is 158 g/mol. The molecule has 0 aliphatic rings. The van der Waals surface area contributed by atoms with Gasteiger partial charge in [-0.3, -0.25) is 0 Å². The number of unbranched alkanes of at least 4 members (excludes halogenated alkanes) is 5. The molecule has 0 aromatic heterocycles. The Morgan fingerprint density at radius 2 is 1.62 bits per heavy atom. The number of nitrogens with zero attached hydrogens (tertiary/aromatic N) is 1. The molecule has 0 fully saturated rings. The van der Waals surface area contributed by atoms with Crippen molar-refractivity contribution < 1.29 is 0 Å². The average Bonchev–Trinajstić information content (AvgIpc) is 2.16. The molecule has 0 radical (unpaired) electrons. The van der Waals surface area contributed by atoms with Gasteiger partial charge in [-0.1, -0.05) is 31.1 Å². The first-order chi connectivity index (χ1) is 6.41. The van der Waals surface area contributed by atoms with Gasteiger partial charge < -0.3 is 0 Å². The third kappa shape index (κ3) is 11.0. The Morgan fingerprint density at radius 1 is 1.00 bits per heavy atom. The summed E-state index contributed by atoms with van der Waals surface area (Å²) in [5.41, 5.74) is 0. The van der Waals surface area contributed by atoms with Crippen molar-refractivity contribution in [1.29, 1.82) is 5.26 Å². The Balaban J connectivity index is 3.00. The lowest BCUT2D eigenvalue weighted by Gasteiger charge is -1.95. The largest absolute Gasteiger partial charge is 0.193 e. The van der Waals surface area contributed by atoms with Gasteiger partial charge in [-0.2, -0.15) is 5.26 Å². The van der Waals surface area contributed by atoms with Gasteiger partial charge in [-0.05, 0) is 32.6 Å². The van der Waals surface area contributed by atoms with Crippen LogP contribution in [0.2, 0.25) is 0 Å². The summed E-state index contributed by atoms with van der Waals surface area (Å²) in [6.45, 7) is 2.06. The van der Waals surface area contributed by atoms with Crippen molar-refractivity contribution in [3.05, 3.63) is 24.3 Å². The molecule has 0 aromatic carbocycles. The molecule has 0 unspecified atom stereocenters. The molecule has 0 spiro atoms. The number of nitriles is 1. The maximum Gasteiger partial charge on any atom is 0.0908 e. The maximum absolute atomic E-state index is 8.22. The first kappa shape index (κ1) is 12.0. The summed E-state index contributed by atoms with van der Waals surface area (Å²) < 4.78 is 0. The van der Waals surface area contributed by atoms with E-state index in [0.29, 0.717) is 0 Å². The van der Waals surface area contributed by atoms with Crippen molar-refractivity contribution in [3.63, 3.8) is 0 Å². The Bertz CT molecular complexity index is 184. The number of hydrogen-bond donors (Lipinski definition) is 0. The minimum atomic E-state index is 1.05. The molecule has 0 rings (SSSR count). The summed E-state index contributed by atoms with van der Waals surface area (Å²) in [6, 6.07) is 2.00. The average molecular weight is 177 g/mol. The van der Waals surface area contributed by atoms with E-state index in [1.807, 2.05) is 12.1 Å². The lowest BCUT2D eigenvalue weighted by molar-refractivity contribution is 0.652. The van der Waals surface area contributed by atoms with Crippen molar-refractivity contribution >= 4 is 0 Å². The van der Waals surface area contributed by atoms with E-state index in [-0.39, 0.29) is 0 Å². The van der Waals surface area contributed by atoms with Gasteiger partial charge in [-0.25, -0.2) is 0 Å². The van der Waals surface area contributed by atoms with Crippen molar-refractivity contribution in [3.8, 4) is 6.07 Å². The van der Waals surface area contributed by atoms with Gasteiger partial charge in [0, 0.05) is 6.08 Å². The van der Waals surface area contributed by atoms with E-state index in [1.165, 1.54) is 32.1 Å². The van der Waals surface area contributed by atoms with Crippen LogP contribution in [0.4, 0.5) is 0 Å². The highest BCUT2D eigenvalue weighted by atomic mass is 14.2. The van der Waals surface area contributed by atoms with Gasteiger partial charge in [0.15, 0.2) is 0 Å². The molecule has 0 saturated heterocycles. The minimum Gasteiger partial charge on any atom is -0.193 e. The van der Waals surface area contributed by atoms with Gasteiger partial charge in [0.05, 0.1) is 6.07 Å². The molecular formula is C12H19N. The lowest BCUT2D eigenvalue weighted by Crippen LogP contribution is -1.76. The molecule has 0 saturated carbocycles. The van der Waals surface area contributed by atoms with Gasteiger partial charge >= 0.3 is 0 Å². The topological polar surface area (TPSA) is 23.8 Å². The fourth-order valence-electron chi connectivity index (χ4n) is 1.18. The third-order valence-corrected chi connectivity index (χ3v) is 1.92. The lowest BCUT2D eigenvalue weighted by atomic mass is 10.1. The Kier molecular flexibility index (Phi) is 10.1. The van der Waals surface area contributed by atoms with E-state index in [0.717, 1.165) is 6.42 Å². The van der Waals surface area contributed by atoms with E-state index >= 15 is 0 Å². The van der Waals surface area contributed by atoms with Crippen LogP contribution in [0, 0.1) is 11.3 Å². The Hall–Kier alpha value is -1.03. The van der Waals surface area contributed by atoms with Crippen LogP contribution in [0.5, 0.6) is 0 Å². The molecule has 72 valence electrons. The molecule has 13 heavy (non-hydrogen) atoms. The molecule has 0 aromatic rings. The second-order valence-corrected chi connectivity index (χ2v) is 3.09. The van der Waals surface area contributed by atoms with Crippen LogP contribution >= 0.6 is 0 Å². The normalized spacial score (nSPS) is 11.1. The van der Waals surface area contributed by atoms with Gasteiger partial charge in [0.25, 0.3) is 0 Å². The highest BCUT2D eigenvalue weighted by molar-refractivity contribution is 5.01. The predicted molar refractivity (Wildman–Crippen MR) is 57.3 cm³/mol. The minimum absolute atomic E-state index is 1.05. The van der Waals surface area contributed by atoms with E-state index in [1.54, 1.807) is 6.08 Å². The fourth-order valence-corrected chi connectivity index (χ4v) is 1.18. The zero-order valence-electron chi connectivity index (χ0n) is 8.50. The molecule has 0 aliphatic carbocycles. The monoisotopic (exact) mass is 177 g/mol. The Morgan fingerprint density at radius 3 is 2.15 bits per heavy atom. The second kappa shape index (κ2) is 11.0. The van der Waals surface area contributed by atoms with Crippen LogP contribution in [0.3, 0.4) is 0 Å². The molecule has 0 amide bonds.